The number of halogens is 1. The Bertz CT molecular complexity index is 888. The van der Waals surface area contributed by atoms with E-state index in [0.29, 0.717) is 22.4 Å². The Balaban J connectivity index is 1.85. The first-order chi connectivity index (χ1) is 12.7. The van der Waals surface area contributed by atoms with Crippen LogP contribution in [0.1, 0.15) is 6.92 Å². The molecule has 26 heavy (non-hydrogen) atoms. The topological polar surface area (TPSA) is 30.8 Å². The van der Waals surface area contributed by atoms with Crippen LogP contribution in [0.25, 0.3) is 0 Å². The summed E-state index contributed by atoms with van der Waals surface area (Å²) >= 11 is 5.90. The summed E-state index contributed by atoms with van der Waals surface area (Å²) in [6, 6.07) is 26.3. The van der Waals surface area contributed by atoms with Crippen LogP contribution >= 0.6 is 11.6 Å². The Morgan fingerprint density at radius 2 is 1.42 bits per heavy atom. The molecule has 4 heteroatoms. The molecular weight excluding hydrogens is 346 g/mol. The first-order valence-corrected chi connectivity index (χ1v) is 8.54. The van der Waals surface area contributed by atoms with E-state index in [1.165, 1.54) is 0 Å². The van der Waals surface area contributed by atoms with Crippen molar-refractivity contribution < 1.29 is 9.47 Å². The minimum atomic E-state index is 0.469. The zero-order chi connectivity index (χ0) is 18.2. The standard InChI is InChI=1S/C22H18ClNO2/c1-17(16-25-20-14-12-18(23)13-15-20)22(24-19-8-4-2-5-9-19)26-21-10-6-3-7-11-21/h2-16H,1H3/b17-16?,24-22+. The highest BCUT2D eigenvalue weighted by molar-refractivity contribution is 6.30. The molecule has 0 aliphatic carbocycles. The predicted molar refractivity (Wildman–Crippen MR) is 106 cm³/mol. The summed E-state index contributed by atoms with van der Waals surface area (Å²) in [5.74, 6) is 1.87. The molecule has 130 valence electrons. The number of aliphatic imine (C=N–C) groups is 1. The van der Waals surface area contributed by atoms with Crippen LogP contribution in [-0.2, 0) is 0 Å². The number of hydrogen-bond donors (Lipinski definition) is 0. The Morgan fingerprint density at radius 3 is 2.08 bits per heavy atom. The first-order valence-electron chi connectivity index (χ1n) is 8.17. The van der Waals surface area contributed by atoms with Crippen molar-refractivity contribution in [1.29, 1.82) is 0 Å². The molecule has 3 aromatic carbocycles. The van der Waals surface area contributed by atoms with Gasteiger partial charge in [-0.05, 0) is 55.5 Å². The molecule has 0 spiro atoms. The molecule has 0 saturated carbocycles. The van der Waals surface area contributed by atoms with Gasteiger partial charge < -0.3 is 9.47 Å². The molecule has 0 atom stereocenters. The predicted octanol–water partition coefficient (Wildman–Crippen LogP) is 6.43. The molecule has 3 nitrogen and oxygen atoms in total. The van der Waals surface area contributed by atoms with Gasteiger partial charge in [0.2, 0.25) is 5.90 Å². The molecule has 0 fully saturated rings. The lowest BCUT2D eigenvalue weighted by Gasteiger charge is -2.10. The van der Waals surface area contributed by atoms with Crippen LogP contribution in [0.2, 0.25) is 5.02 Å². The van der Waals surface area contributed by atoms with Crippen molar-refractivity contribution in [2.24, 2.45) is 4.99 Å². The highest BCUT2D eigenvalue weighted by atomic mass is 35.5. The van der Waals surface area contributed by atoms with E-state index in [2.05, 4.69) is 4.99 Å². The van der Waals surface area contributed by atoms with Gasteiger partial charge >= 0.3 is 0 Å². The van der Waals surface area contributed by atoms with Crippen LogP contribution < -0.4 is 9.47 Å². The maximum atomic E-state index is 5.97. The van der Waals surface area contributed by atoms with Gasteiger partial charge in [-0.3, -0.25) is 0 Å². The number of rotatable bonds is 5. The van der Waals surface area contributed by atoms with Gasteiger partial charge in [0, 0.05) is 10.6 Å². The van der Waals surface area contributed by atoms with Gasteiger partial charge in [-0.2, -0.15) is 0 Å². The fraction of sp³-hybridized carbons (Fsp3) is 0.0455. The van der Waals surface area contributed by atoms with Crippen molar-refractivity contribution in [3.05, 3.63) is 102 Å². The third-order valence-electron chi connectivity index (χ3n) is 3.47. The lowest BCUT2D eigenvalue weighted by molar-refractivity contribution is 0.473. The largest absolute Gasteiger partial charge is 0.465 e. The lowest BCUT2D eigenvalue weighted by atomic mass is 10.3. The zero-order valence-corrected chi connectivity index (χ0v) is 15.1. The normalized spacial score (nSPS) is 11.9. The van der Waals surface area contributed by atoms with Crippen molar-refractivity contribution >= 4 is 23.2 Å². The molecule has 3 rings (SSSR count). The van der Waals surface area contributed by atoms with Crippen LogP contribution in [0.5, 0.6) is 11.5 Å². The van der Waals surface area contributed by atoms with Crippen LogP contribution in [0.15, 0.2) is 102 Å². The summed E-state index contributed by atoms with van der Waals surface area (Å²) in [4.78, 5) is 4.61. The Kier molecular flexibility index (Phi) is 6.07. The van der Waals surface area contributed by atoms with Gasteiger partial charge in [0.1, 0.15) is 11.5 Å². The van der Waals surface area contributed by atoms with E-state index >= 15 is 0 Å². The van der Waals surface area contributed by atoms with E-state index in [9.17, 15) is 0 Å². The van der Waals surface area contributed by atoms with Crippen molar-refractivity contribution in [3.63, 3.8) is 0 Å². The molecule has 0 N–H and O–H groups in total. The summed E-state index contributed by atoms with van der Waals surface area (Å²) < 4.78 is 11.7. The molecule has 0 saturated heterocycles. The molecule has 0 aliphatic rings. The highest BCUT2D eigenvalue weighted by Crippen LogP contribution is 2.19. The second-order valence-electron chi connectivity index (χ2n) is 5.54. The summed E-state index contributed by atoms with van der Waals surface area (Å²) in [6.07, 6.45) is 1.62. The van der Waals surface area contributed by atoms with E-state index in [-0.39, 0.29) is 0 Å². The molecule has 0 unspecified atom stereocenters. The van der Waals surface area contributed by atoms with Gasteiger partial charge in [0.05, 0.1) is 11.9 Å². The van der Waals surface area contributed by atoms with E-state index in [1.807, 2.05) is 67.6 Å². The SMILES string of the molecule is CC(=COc1ccc(Cl)cc1)/C(=N\c1ccccc1)Oc1ccccc1. The average Bonchev–Trinajstić information content (AvgIpc) is 2.68. The first kappa shape index (κ1) is 17.8. The lowest BCUT2D eigenvalue weighted by Crippen LogP contribution is -2.10. The van der Waals surface area contributed by atoms with Gasteiger partial charge in [-0.15, -0.1) is 0 Å². The number of hydrogen-bond acceptors (Lipinski definition) is 3. The van der Waals surface area contributed by atoms with E-state index in [1.54, 1.807) is 30.5 Å². The maximum absolute atomic E-state index is 5.97. The van der Waals surface area contributed by atoms with E-state index in [4.69, 9.17) is 21.1 Å². The average molecular weight is 364 g/mol. The van der Waals surface area contributed by atoms with Crippen LogP contribution in [0, 0.1) is 0 Å². The van der Waals surface area contributed by atoms with Crippen LogP contribution in [-0.4, -0.2) is 5.90 Å². The summed E-state index contributed by atoms with van der Waals surface area (Å²) in [7, 11) is 0. The fourth-order valence-corrected chi connectivity index (χ4v) is 2.26. The number of para-hydroxylation sites is 2. The van der Waals surface area contributed by atoms with Gasteiger partial charge in [-0.1, -0.05) is 48.0 Å². The minimum Gasteiger partial charge on any atom is -0.465 e. The monoisotopic (exact) mass is 363 g/mol. The third kappa shape index (κ3) is 5.23. The number of nitrogens with zero attached hydrogens (tertiary/aromatic N) is 1. The molecule has 0 aliphatic heterocycles. The second-order valence-corrected chi connectivity index (χ2v) is 5.98. The molecule has 0 aromatic heterocycles. The minimum absolute atomic E-state index is 0.469. The molecular formula is C22H18ClNO2. The van der Waals surface area contributed by atoms with E-state index in [0.717, 1.165) is 11.3 Å². The second kappa shape index (κ2) is 8.88. The van der Waals surface area contributed by atoms with Crippen LogP contribution in [0.4, 0.5) is 5.69 Å². The molecule has 0 amide bonds. The number of benzene rings is 3. The maximum Gasteiger partial charge on any atom is 0.225 e. The van der Waals surface area contributed by atoms with Gasteiger partial charge in [0.15, 0.2) is 0 Å². The Labute approximate surface area is 158 Å². The molecule has 0 bridgehead atoms. The fourth-order valence-electron chi connectivity index (χ4n) is 2.13. The van der Waals surface area contributed by atoms with E-state index < -0.39 is 0 Å². The molecule has 0 radical (unpaired) electrons. The number of ether oxygens (including phenoxy) is 2. The van der Waals surface area contributed by atoms with Crippen molar-refractivity contribution in [1.82, 2.24) is 0 Å². The smallest absolute Gasteiger partial charge is 0.225 e. The third-order valence-corrected chi connectivity index (χ3v) is 3.72. The zero-order valence-electron chi connectivity index (χ0n) is 14.3. The van der Waals surface area contributed by atoms with Crippen molar-refractivity contribution in [2.45, 2.75) is 6.92 Å². The molecule has 3 aromatic rings. The Morgan fingerprint density at radius 1 is 0.808 bits per heavy atom. The summed E-state index contributed by atoms with van der Waals surface area (Å²) in [6.45, 7) is 1.89. The quantitative estimate of drug-likeness (QED) is 0.297. The molecule has 0 heterocycles. The highest BCUT2D eigenvalue weighted by Gasteiger charge is 2.07. The Hall–Kier alpha value is -3.04. The van der Waals surface area contributed by atoms with Crippen molar-refractivity contribution in [2.75, 3.05) is 0 Å². The summed E-state index contributed by atoms with van der Waals surface area (Å²) in [5.41, 5.74) is 1.56. The summed E-state index contributed by atoms with van der Waals surface area (Å²) in [5, 5.41) is 0.664. The van der Waals surface area contributed by atoms with Crippen LogP contribution in [0.3, 0.4) is 0 Å². The van der Waals surface area contributed by atoms with Crippen molar-refractivity contribution in [3.8, 4) is 11.5 Å². The van der Waals surface area contributed by atoms with Gasteiger partial charge in [0.25, 0.3) is 0 Å². The van der Waals surface area contributed by atoms with Gasteiger partial charge in [-0.25, -0.2) is 4.99 Å².